The van der Waals surface area contributed by atoms with Crippen LogP contribution in [-0.2, 0) is 0 Å². The number of anilines is 1. The average molecular weight is 285 g/mol. The summed E-state index contributed by atoms with van der Waals surface area (Å²) in [6.07, 6.45) is 1.40. The summed E-state index contributed by atoms with van der Waals surface area (Å²) in [5.41, 5.74) is 4.51. The summed E-state index contributed by atoms with van der Waals surface area (Å²) >= 11 is 0. The van der Waals surface area contributed by atoms with Gasteiger partial charge in [-0.25, -0.2) is 9.82 Å². The summed E-state index contributed by atoms with van der Waals surface area (Å²) in [6, 6.07) is 13.1. The molecule has 2 aromatic carbocycles. The maximum absolute atomic E-state index is 13.0. The number of hydrogen-bond donors (Lipinski definition) is 1. The largest absolute Gasteiger partial charge is 0.378 e. The fourth-order valence-corrected chi connectivity index (χ4v) is 1.73. The van der Waals surface area contributed by atoms with Crippen LogP contribution in [0.2, 0.25) is 0 Å². The van der Waals surface area contributed by atoms with E-state index in [1.165, 1.54) is 18.3 Å². The van der Waals surface area contributed by atoms with Gasteiger partial charge in [-0.2, -0.15) is 5.10 Å². The Balaban J connectivity index is 1.98. The van der Waals surface area contributed by atoms with Crippen LogP contribution in [0.1, 0.15) is 15.9 Å². The van der Waals surface area contributed by atoms with E-state index in [9.17, 15) is 9.18 Å². The molecule has 2 aromatic rings. The van der Waals surface area contributed by atoms with Gasteiger partial charge in [-0.15, -0.1) is 0 Å². The highest BCUT2D eigenvalue weighted by Gasteiger charge is 2.04. The molecule has 4 nitrogen and oxygen atoms in total. The lowest BCUT2D eigenvalue weighted by molar-refractivity contribution is 0.0955. The van der Waals surface area contributed by atoms with Crippen molar-refractivity contribution in [1.29, 1.82) is 0 Å². The molecule has 0 heterocycles. The molecule has 108 valence electrons. The lowest BCUT2D eigenvalue weighted by atomic mass is 10.2. The number of carbonyl (C=O) groups excluding carboxylic acids is 1. The Bertz CT molecular complexity index is 651. The Morgan fingerprint density at radius 3 is 2.52 bits per heavy atom. The molecule has 1 amide bonds. The summed E-state index contributed by atoms with van der Waals surface area (Å²) in [4.78, 5) is 13.8. The van der Waals surface area contributed by atoms with Crippen molar-refractivity contribution in [3.63, 3.8) is 0 Å². The van der Waals surface area contributed by atoms with Crippen LogP contribution < -0.4 is 10.3 Å². The van der Waals surface area contributed by atoms with Crippen molar-refractivity contribution in [2.45, 2.75) is 0 Å². The number of halogens is 1. The first-order chi connectivity index (χ1) is 10.1. The van der Waals surface area contributed by atoms with Gasteiger partial charge in [-0.1, -0.05) is 12.1 Å². The number of nitrogens with zero attached hydrogens (tertiary/aromatic N) is 2. The van der Waals surface area contributed by atoms with Gasteiger partial charge in [0.2, 0.25) is 0 Å². The predicted octanol–water partition coefficient (Wildman–Crippen LogP) is 2.66. The summed E-state index contributed by atoms with van der Waals surface area (Å²) < 4.78 is 13.0. The molecule has 0 atom stereocenters. The minimum Gasteiger partial charge on any atom is -0.378 e. The van der Waals surface area contributed by atoms with Gasteiger partial charge in [-0.05, 0) is 42.0 Å². The van der Waals surface area contributed by atoms with E-state index in [2.05, 4.69) is 10.5 Å². The van der Waals surface area contributed by atoms with Crippen LogP contribution in [-0.4, -0.2) is 26.2 Å². The van der Waals surface area contributed by atoms with Crippen molar-refractivity contribution in [3.05, 3.63) is 65.5 Å². The lowest BCUT2D eigenvalue weighted by Gasteiger charge is -2.12. The molecular formula is C16H16FN3O. The normalized spacial score (nSPS) is 10.6. The highest BCUT2D eigenvalue weighted by molar-refractivity contribution is 5.95. The molecule has 0 spiro atoms. The first kappa shape index (κ1) is 14.7. The molecule has 0 unspecified atom stereocenters. The zero-order valence-electron chi connectivity index (χ0n) is 11.9. The van der Waals surface area contributed by atoms with Crippen LogP contribution in [0.15, 0.2) is 53.6 Å². The summed E-state index contributed by atoms with van der Waals surface area (Å²) in [5, 5.41) is 3.81. The van der Waals surface area contributed by atoms with E-state index < -0.39 is 0 Å². The summed E-state index contributed by atoms with van der Waals surface area (Å²) in [5.74, 6) is -0.655. The predicted molar refractivity (Wildman–Crippen MR) is 82.2 cm³/mol. The molecule has 0 fully saturated rings. The number of hydrogen-bond acceptors (Lipinski definition) is 3. The second-order valence-corrected chi connectivity index (χ2v) is 4.70. The van der Waals surface area contributed by atoms with Crippen molar-refractivity contribution in [1.82, 2.24) is 5.43 Å². The third-order valence-electron chi connectivity index (χ3n) is 2.87. The minimum absolute atomic E-state index is 0.312. The molecule has 0 aliphatic carbocycles. The molecule has 0 bridgehead atoms. The van der Waals surface area contributed by atoms with Crippen molar-refractivity contribution < 1.29 is 9.18 Å². The van der Waals surface area contributed by atoms with Crippen molar-refractivity contribution in [3.8, 4) is 0 Å². The highest BCUT2D eigenvalue weighted by atomic mass is 19.1. The number of rotatable bonds is 4. The Morgan fingerprint density at radius 2 is 1.90 bits per heavy atom. The van der Waals surface area contributed by atoms with Gasteiger partial charge in [0, 0.05) is 25.3 Å². The van der Waals surface area contributed by atoms with Crippen molar-refractivity contribution >= 4 is 17.8 Å². The third-order valence-corrected chi connectivity index (χ3v) is 2.87. The molecule has 21 heavy (non-hydrogen) atoms. The van der Waals surface area contributed by atoms with Gasteiger partial charge < -0.3 is 4.90 Å². The Morgan fingerprint density at radius 1 is 1.19 bits per heavy atom. The van der Waals surface area contributed by atoms with Crippen LogP contribution in [0.4, 0.5) is 10.1 Å². The van der Waals surface area contributed by atoms with Gasteiger partial charge in [-0.3, -0.25) is 4.79 Å². The molecule has 5 heteroatoms. The quantitative estimate of drug-likeness (QED) is 0.693. The maximum atomic E-state index is 13.0. The fourth-order valence-electron chi connectivity index (χ4n) is 1.73. The second kappa shape index (κ2) is 6.65. The van der Waals surface area contributed by atoms with Crippen LogP contribution in [0.5, 0.6) is 0 Å². The molecule has 0 aliphatic heterocycles. The van der Waals surface area contributed by atoms with E-state index in [4.69, 9.17) is 0 Å². The zero-order chi connectivity index (χ0) is 15.2. The first-order valence-electron chi connectivity index (χ1n) is 6.42. The molecule has 1 N–H and O–H groups in total. The van der Waals surface area contributed by atoms with E-state index in [1.807, 2.05) is 31.1 Å². The van der Waals surface area contributed by atoms with Gasteiger partial charge in [0.1, 0.15) is 5.82 Å². The number of carbonyl (C=O) groups is 1. The second-order valence-electron chi connectivity index (χ2n) is 4.70. The zero-order valence-corrected chi connectivity index (χ0v) is 11.9. The number of nitrogens with one attached hydrogen (secondary N) is 1. The average Bonchev–Trinajstić information content (AvgIpc) is 2.47. The topological polar surface area (TPSA) is 44.7 Å². The molecule has 0 saturated carbocycles. The molecule has 0 aliphatic rings. The lowest BCUT2D eigenvalue weighted by Crippen LogP contribution is -2.17. The standard InChI is InChI=1S/C16H16FN3O/c1-20(2)15-8-6-13(7-9-15)16(21)19-18-11-12-4-3-5-14(17)10-12/h3-11H,1-2H3,(H,19,21). The Kier molecular flexibility index (Phi) is 4.66. The monoisotopic (exact) mass is 285 g/mol. The van der Waals surface area contributed by atoms with E-state index in [0.717, 1.165) is 5.69 Å². The number of amides is 1. The van der Waals surface area contributed by atoms with Gasteiger partial charge in [0.15, 0.2) is 0 Å². The summed E-state index contributed by atoms with van der Waals surface area (Å²) in [7, 11) is 3.86. The molecule has 0 radical (unpaired) electrons. The third kappa shape index (κ3) is 4.14. The number of benzene rings is 2. The molecule has 2 rings (SSSR count). The van der Waals surface area contributed by atoms with E-state index in [1.54, 1.807) is 24.3 Å². The van der Waals surface area contributed by atoms with Crippen molar-refractivity contribution in [2.75, 3.05) is 19.0 Å². The summed E-state index contributed by atoms with van der Waals surface area (Å²) in [6.45, 7) is 0. The van der Waals surface area contributed by atoms with Crippen molar-refractivity contribution in [2.24, 2.45) is 5.10 Å². The number of hydrazone groups is 1. The van der Waals surface area contributed by atoms with Gasteiger partial charge >= 0.3 is 0 Å². The Labute approximate surface area is 122 Å². The fraction of sp³-hybridized carbons (Fsp3) is 0.125. The van der Waals surface area contributed by atoms with Crippen LogP contribution in [0, 0.1) is 5.82 Å². The molecular weight excluding hydrogens is 269 g/mol. The van der Waals surface area contributed by atoms with E-state index >= 15 is 0 Å². The van der Waals surface area contributed by atoms with Gasteiger partial charge in [0.25, 0.3) is 5.91 Å². The maximum Gasteiger partial charge on any atom is 0.271 e. The minimum atomic E-state index is -0.343. The molecule has 0 aromatic heterocycles. The first-order valence-corrected chi connectivity index (χ1v) is 6.42. The SMILES string of the molecule is CN(C)c1ccc(C(=O)NN=Cc2cccc(F)c2)cc1. The van der Waals surface area contributed by atoms with Crippen LogP contribution in [0.25, 0.3) is 0 Å². The van der Waals surface area contributed by atoms with E-state index in [0.29, 0.717) is 11.1 Å². The van der Waals surface area contributed by atoms with Crippen LogP contribution in [0.3, 0.4) is 0 Å². The highest BCUT2D eigenvalue weighted by Crippen LogP contribution is 2.12. The van der Waals surface area contributed by atoms with Crippen LogP contribution >= 0.6 is 0 Å². The Hall–Kier alpha value is -2.69. The van der Waals surface area contributed by atoms with E-state index in [-0.39, 0.29) is 11.7 Å². The smallest absolute Gasteiger partial charge is 0.271 e. The van der Waals surface area contributed by atoms with Gasteiger partial charge in [0.05, 0.1) is 6.21 Å². The molecule has 0 saturated heterocycles.